The zero-order valence-electron chi connectivity index (χ0n) is 13.9. The Hall–Kier alpha value is -2.95. The lowest BCUT2D eigenvalue weighted by Gasteiger charge is -2.16. The van der Waals surface area contributed by atoms with Crippen LogP contribution in [-0.4, -0.2) is 23.1 Å². The zero-order chi connectivity index (χ0) is 17.4. The zero-order valence-corrected chi connectivity index (χ0v) is 13.9. The molecule has 4 nitrogen and oxygen atoms in total. The highest BCUT2D eigenvalue weighted by Crippen LogP contribution is 2.34. The van der Waals surface area contributed by atoms with Gasteiger partial charge in [0, 0.05) is 35.3 Å². The van der Waals surface area contributed by atoms with Crippen LogP contribution in [0.4, 0.5) is 10.1 Å². The molecule has 0 saturated carbocycles. The van der Waals surface area contributed by atoms with E-state index in [0.717, 1.165) is 46.3 Å². The average molecular weight is 335 g/mol. The lowest BCUT2D eigenvalue weighted by Crippen LogP contribution is -2.28. The third-order valence-electron chi connectivity index (χ3n) is 4.54. The SMILES string of the molecule is CC(=O)NCC1=Nc2ccc(-c3c[nH]c4cc(F)ccc34)cc2CC1. The van der Waals surface area contributed by atoms with Crippen molar-refractivity contribution in [3.05, 3.63) is 54.0 Å². The highest BCUT2D eigenvalue weighted by molar-refractivity contribution is 5.97. The number of hydrogen-bond acceptors (Lipinski definition) is 2. The molecule has 2 heterocycles. The first-order valence-corrected chi connectivity index (χ1v) is 8.31. The van der Waals surface area contributed by atoms with Gasteiger partial charge in [0.2, 0.25) is 5.91 Å². The minimum absolute atomic E-state index is 0.0420. The van der Waals surface area contributed by atoms with Crippen LogP contribution in [0.15, 0.2) is 47.6 Å². The normalized spacial score (nSPS) is 13.4. The minimum Gasteiger partial charge on any atom is -0.360 e. The highest BCUT2D eigenvalue weighted by Gasteiger charge is 2.14. The second-order valence-electron chi connectivity index (χ2n) is 6.32. The van der Waals surface area contributed by atoms with Gasteiger partial charge in [-0.05, 0) is 54.3 Å². The molecule has 2 aromatic carbocycles. The maximum Gasteiger partial charge on any atom is 0.217 e. The van der Waals surface area contributed by atoms with Gasteiger partial charge < -0.3 is 10.3 Å². The Bertz CT molecular complexity index is 1000. The summed E-state index contributed by atoms with van der Waals surface area (Å²) < 4.78 is 13.4. The summed E-state index contributed by atoms with van der Waals surface area (Å²) in [5.74, 6) is -0.285. The summed E-state index contributed by atoms with van der Waals surface area (Å²) in [6.45, 7) is 2.02. The third-order valence-corrected chi connectivity index (χ3v) is 4.54. The first-order valence-electron chi connectivity index (χ1n) is 8.31. The van der Waals surface area contributed by atoms with Crippen LogP contribution in [0.1, 0.15) is 18.9 Å². The monoisotopic (exact) mass is 335 g/mol. The van der Waals surface area contributed by atoms with Gasteiger partial charge in [0.15, 0.2) is 0 Å². The van der Waals surface area contributed by atoms with Crippen LogP contribution in [0.5, 0.6) is 0 Å². The number of carbonyl (C=O) groups is 1. The maximum absolute atomic E-state index is 13.4. The molecule has 0 atom stereocenters. The standard InChI is InChI=1S/C20H18FN3O/c1-12(25)22-10-16-5-2-14-8-13(3-7-19(14)24-16)18-11-23-20-9-15(21)4-6-17(18)20/h3-4,6-9,11,23H,2,5,10H2,1H3,(H,22,25). The van der Waals surface area contributed by atoms with E-state index in [2.05, 4.69) is 21.4 Å². The van der Waals surface area contributed by atoms with Gasteiger partial charge in [-0.1, -0.05) is 6.07 Å². The van der Waals surface area contributed by atoms with E-state index in [0.29, 0.717) is 6.54 Å². The first kappa shape index (κ1) is 15.6. The summed E-state index contributed by atoms with van der Waals surface area (Å²) in [5, 5.41) is 3.81. The molecule has 5 heteroatoms. The molecular weight excluding hydrogens is 317 g/mol. The molecule has 3 aromatic rings. The van der Waals surface area contributed by atoms with Crippen LogP contribution in [0.2, 0.25) is 0 Å². The number of carbonyl (C=O) groups excluding carboxylic acids is 1. The van der Waals surface area contributed by atoms with Gasteiger partial charge in [0.25, 0.3) is 0 Å². The Kier molecular flexibility index (Phi) is 3.84. The van der Waals surface area contributed by atoms with Crippen LogP contribution in [0.3, 0.4) is 0 Å². The van der Waals surface area contributed by atoms with E-state index in [4.69, 9.17) is 0 Å². The van der Waals surface area contributed by atoms with Crippen molar-refractivity contribution in [3.63, 3.8) is 0 Å². The molecule has 0 bridgehead atoms. The molecule has 25 heavy (non-hydrogen) atoms. The number of aromatic nitrogens is 1. The number of fused-ring (bicyclic) bond motifs is 2. The van der Waals surface area contributed by atoms with Gasteiger partial charge in [-0.2, -0.15) is 0 Å². The second-order valence-corrected chi connectivity index (χ2v) is 6.32. The molecule has 0 aliphatic carbocycles. The van der Waals surface area contributed by atoms with E-state index in [-0.39, 0.29) is 11.7 Å². The number of benzene rings is 2. The Morgan fingerprint density at radius 2 is 2.12 bits per heavy atom. The molecule has 0 saturated heterocycles. The molecule has 0 unspecified atom stereocenters. The number of rotatable bonds is 3. The number of aliphatic imine (C=N–C) groups is 1. The summed E-state index contributed by atoms with van der Waals surface area (Å²) in [6, 6.07) is 11.0. The van der Waals surface area contributed by atoms with E-state index < -0.39 is 0 Å². The van der Waals surface area contributed by atoms with Crippen molar-refractivity contribution in [3.8, 4) is 11.1 Å². The molecule has 0 spiro atoms. The lowest BCUT2D eigenvalue weighted by molar-refractivity contribution is -0.118. The predicted molar refractivity (Wildman–Crippen MR) is 97.8 cm³/mol. The largest absolute Gasteiger partial charge is 0.360 e. The number of nitrogens with one attached hydrogen (secondary N) is 2. The molecule has 0 fully saturated rings. The van der Waals surface area contributed by atoms with E-state index in [1.807, 2.05) is 18.3 Å². The van der Waals surface area contributed by atoms with Gasteiger partial charge >= 0.3 is 0 Å². The fourth-order valence-electron chi connectivity index (χ4n) is 3.26. The summed E-state index contributed by atoms with van der Waals surface area (Å²) in [5.41, 5.74) is 6.10. The summed E-state index contributed by atoms with van der Waals surface area (Å²) in [6.07, 6.45) is 3.66. The molecule has 1 amide bonds. The Morgan fingerprint density at radius 3 is 2.96 bits per heavy atom. The van der Waals surface area contributed by atoms with Gasteiger partial charge in [-0.25, -0.2) is 4.39 Å². The van der Waals surface area contributed by atoms with Crippen molar-refractivity contribution in [2.24, 2.45) is 4.99 Å². The molecular formula is C20H18FN3O. The van der Waals surface area contributed by atoms with E-state index in [1.54, 1.807) is 6.07 Å². The highest BCUT2D eigenvalue weighted by atomic mass is 19.1. The van der Waals surface area contributed by atoms with Crippen molar-refractivity contribution >= 4 is 28.2 Å². The summed E-state index contributed by atoms with van der Waals surface area (Å²) in [7, 11) is 0. The average Bonchev–Trinajstić information content (AvgIpc) is 3.02. The third kappa shape index (κ3) is 3.05. The van der Waals surface area contributed by atoms with Gasteiger partial charge in [-0.15, -0.1) is 0 Å². The van der Waals surface area contributed by atoms with E-state index >= 15 is 0 Å². The van der Waals surface area contributed by atoms with Crippen LogP contribution < -0.4 is 5.32 Å². The van der Waals surface area contributed by atoms with E-state index in [9.17, 15) is 9.18 Å². The molecule has 1 aromatic heterocycles. The molecule has 126 valence electrons. The number of halogens is 1. The van der Waals surface area contributed by atoms with Crippen LogP contribution >= 0.6 is 0 Å². The topological polar surface area (TPSA) is 57.2 Å². The Morgan fingerprint density at radius 1 is 1.24 bits per heavy atom. The fourth-order valence-corrected chi connectivity index (χ4v) is 3.26. The van der Waals surface area contributed by atoms with Gasteiger partial charge in [0.1, 0.15) is 5.82 Å². The molecule has 1 aliphatic rings. The Balaban J connectivity index is 1.67. The predicted octanol–water partition coefficient (Wildman–Crippen LogP) is 4.13. The lowest BCUT2D eigenvalue weighted by atomic mass is 9.96. The number of aromatic amines is 1. The number of amides is 1. The quantitative estimate of drug-likeness (QED) is 0.743. The van der Waals surface area contributed by atoms with Crippen molar-refractivity contribution in [2.45, 2.75) is 19.8 Å². The minimum atomic E-state index is -0.243. The number of nitrogens with zero attached hydrogens (tertiary/aromatic N) is 1. The van der Waals surface area contributed by atoms with Gasteiger partial charge in [-0.3, -0.25) is 9.79 Å². The molecule has 0 radical (unpaired) electrons. The molecule has 1 aliphatic heterocycles. The van der Waals surface area contributed by atoms with E-state index in [1.165, 1.54) is 24.6 Å². The first-order chi connectivity index (χ1) is 12.1. The van der Waals surface area contributed by atoms with Crippen molar-refractivity contribution in [2.75, 3.05) is 6.54 Å². The number of hydrogen-bond donors (Lipinski definition) is 2. The van der Waals surface area contributed by atoms with Crippen LogP contribution in [0, 0.1) is 5.82 Å². The van der Waals surface area contributed by atoms with Crippen molar-refractivity contribution < 1.29 is 9.18 Å². The Labute approximate surface area is 144 Å². The maximum atomic E-state index is 13.4. The van der Waals surface area contributed by atoms with Crippen molar-refractivity contribution in [1.82, 2.24) is 10.3 Å². The summed E-state index contributed by atoms with van der Waals surface area (Å²) in [4.78, 5) is 18.8. The van der Waals surface area contributed by atoms with Crippen molar-refractivity contribution in [1.29, 1.82) is 0 Å². The second kappa shape index (κ2) is 6.16. The molecule has 4 rings (SSSR count). The smallest absolute Gasteiger partial charge is 0.217 e. The number of aryl methyl sites for hydroxylation is 1. The van der Waals surface area contributed by atoms with Crippen LogP contribution in [-0.2, 0) is 11.2 Å². The fraction of sp³-hybridized carbons (Fsp3) is 0.200. The number of H-pyrrole nitrogens is 1. The van der Waals surface area contributed by atoms with Gasteiger partial charge in [0.05, 0.1) is 12.2 Å². The summed E-state index contributed by atoms with van der Waals surface area (Å²) >= 11 is 0. The van der Waals surface area contributed by atoms with Crippen LogP contribution in [0.25, 0.3) is 22.0 Å². The molecule has 2 N–H and O–H groups in total.